The number of fused-ring (bicyclic) bond motifs is 1. The van der Waals surface area contributed by atoms with Crippen LogP contribution in [0.4, 0.5) is 10.2 Å². The molecule has 11 heteroatoms. The molecular weight excluding hydrogens is 357 g/mol. The summed E-state index contributed by atoms with van der Waals surface area (Å²) in [6.07, 6.45) is 2.25. The van der Waals surface area contributed by atoms with Crippen molar-refractivity contribution in [2.75, 3.05) is 12.4 Å². The number of pyridine rings is 1. The Morgan fingerprint density at radius 3 is 2.93 bits per heavy atom. The Bertz CT molecular complexity index is 936. The summed E-state index contributed by atoms with van der Waals surface area (Å²) in [6, 6.07) is 2.25. The summed E-state index contributed by atoms with van der Waals surface area (Å²) in [5.41, 5.74) is 4.73. The van der Waals surface area contributed by atoms with E-state index in [0.29, 0.717) is 0 Å². The van der Waals surface area contributed by atoms with Crippen molar-refractivity contribution in [2.45, 2.75) is 24.7 Å². The van der Waals surface area contributed by atoms with Gasteiger partial charge in [0, 0.05) is 0 Å². The first kappa shape index (κ1) is 17.1. The fourth-order valence-corrected chi connectivity index (χ4v) is 2.92. The highest BCUT2D eigenvalue weighted by molar-refractivity contribution is 6.02. The van der Waals surface area contributed by atoms with Gasteiger partial charge in [-0.05, 0) is 19.1 Å². The van der Waals surface area contributed by atoms with Gasteiger partial charge in [0.1, 0.15) is 28.6 Å². The Morgan fingerprint density at radius 1 is 1.41 bits per heavy atom. The number of hydrogen-bond acceptors (Lipinski definition) is 9. The van der Waals surface area contributed by atoms with Crippen LogP contribution in [0.15, 0.2) is 29.5 Å². The van der Waals surface area contributed by atoms with Crippen LogP contribution in [0, 0.1) is 5.82 Å². The van der Waals surface area contributed by atoms with E-state index in [1.807, 2.05) is 0 Å². The fourth-order valence-electron chi connectivity index (χ4n) is 2.92. The van der Waals surface area contributed by atoms with Gasteiger partial charge in [-0.1, -0.05) is 0 Å². The number of halogens is 1. The van der Waals surface area contributed by atoms with Crippen LogP contribution in [0.3, 0.4) is 0 Å². The van der Waals surface area contributed by atoms with Gasteiger partial charge in [0.25, 0.3) is 11.9 Å². The van der Waals surface area contributed by atoms with Crippen molar-refractivity contribution >= 4 is 17.7 Å². The first-order valence-electron chi connectivity index (χ1n) is 8.03. The number of methoxy groups -OCH3 is 1. The van der Waals surface area contributed by atoms with Gasteiger partial charge < -0.3 is 20.5 Å². The standard InChI is InChI=1S/C16H16FN7O3/c1-16(12-14(23-12)27-15(18)24-16)11-7(17)3-4-9(21-11)22-13(25)8-5-20-10(26-2)6-19-8/h3-6,12,14,23H,1-2H3,(H2,18,24)(H,21,22,25). The molecule has 140 valence electrons. The molecule has 0 saturated carbocycles. The van der Waals surface area contributed by atoms with E-state index >= 15 is 0 Å². The highest BCUT2D eigenvalue weighted by atomic mass is 19.1. The monoisotopic (exact) mass is 373 g/mol. The summed E-state index contributed by atoms with van der Waals surface area (Å²) in [4.78, 5) is 28.7. The van der Waals surface area contributed by atoms with Gasteiger partial charge in [0.05, 0.1) is 25.5 Å². The van der Waals surface area contributed by atoms with E-state index in [9.17, 15) is 9.18 Å². The third-order valence-electron chi connectivity index (χ3n) is 4.37. The lowest BCUT2D eigenvalue weighted by Crippen LogP contribution is -2.39. The molecular formula is C16H16FN7O3. The summed E-state index contributed by atoms with van der Waals surface area (Å²) in [5, 5.41) is 5.60. The van der Waals surface area contributed by atoms with E-state index in [1.165, 1.54) is 31.6 Å². The molecule has 0 bridgehead atoms. The molecule has 0 aromatic carbocycles. The number of nitrogens with zero attached hydrogens (tertiary/aromatic N) is 4. The third kappa shape index (κ3) is 3.01. The molecule has 1 fully saturated rings. The number of nitrogens with one attached hydrogen (secondary N) is 2. The Labute approximate surface area is 153 Å². The van der Waals surface area contributed by atoms with Crippen LogP contribution in [-0.4, -0.2) is 46.3 Å². The van der Waals surface area contributed by atoms with Crippen LogP contribution in [0.1, 0.15) is 23.1 Å². The lowest BCUT2D eigenvalue weighted by Gasteiger charge is -2.27. The summed E-state index contributed by atoms with van der Waals surface area (Å²) in [5.74, 6) is -0.681. The van der Waals surface area contributed by atoms with Gasteiger partial charge >= 0.3 is 0 Å². The minimum atomic E-state index is -1.06. The molecule has 0 radical (unpaired) electrons. The molecule has 10 nitrogen and oxygen atoms in total. The van der Waals surface area contributed by atoms with Gasteiger partial charge in [-0.2, -0.15) is 0 Å². The molecule has 2 aliphatic rings. The predicted octanol–water partition coefficient (Wildman–Crippen LogP) is 0.130. The van der Waals surface area contributed by atoms with E-state index in [4.69, 9.17) is 15.2 Å². The second-order valence-corrected chi connectivity index (χ2v) is 6.21. The lowest BCUT2D eigenvalue weighted by atomic mass is 9.92. The zero-order valence-corrected chi connectivity index (χ0v) is 14.4. The molecule has 4 N–H and O–H groups in total. The van der Waals surface area contributed by atoms with Gasteiger partial charge in [0.15, 0.2) is 6.23 Å². The number of amides is 1. The molecule has 2 aromatic heterocycles. The quantitative estimate of drug-likeness (QED) is 0.641. The predicted molar refractivity (Wildman–Crippen MR) is 91.5 cm³/mol. The first-order chi connectivity index (χ1) is 12.9. The van der Waals surface area contributed by atoms with E-state index in [1.54, 1.807) is 6.92 Å². The number of aliphatic imine (C=N–C) groups is 1. The first-order valence-corrected chi connectivity index (χ1v) is 8.03. The van der Waals surface area contributed by atoms with Crippen LogP contribution < -0.4 is 21.1 Å². The van der Waals surface area contributed by atoms with Gasteiger partial charge in [0.2, 0.25) is 5.88 Å². The number of aromatic nitrogens is 3. The van der Waals surface area contributed by atoms with Crippen LogP contribution in [0.25, 0.3) is 0 Å². The number of carbonyl (C=O) groups is 1. The van der Waals surface area contributed by atoms with Crippen molar-refractivity contribution in [1.82, 2.24) is 20.3 Å². The van der Waals surface area contributed by atoms with Crippen LogP contribution >= 0.6 is 0 Å². The Hall–Kier alpha value is -3.34. The number of amidine groups is 1. The van der Waals surface area contributed by atoms with Gasteiger partial charge in [-0.3, -0.25) is 10.1 Å². The van der Waals surface area contributed by atoms with Crippen molar-refractivity contribution in [3.8, 4) is 5.88 Å². The average molecular weight is 373 g/mol. The Morgan fingerprint density at radius 2 is 2.22 bits per heavy atom. The normalized spacial score (nSPS) is 25.7. The molecule has 4 rings (SSSR count). The molecule has 4 heterocycles. The fraction of sp³-hybridized carbons (Fsp3) is 0.312. The van der Waals surface area contributed by atoms with E-state index in [-0.39, 0.29) is 41.4 Å². The zero-order valence-electron chi connectivity index (χ0n) is 14.4. The number of nitrogens with two attached hydrogens (primary N) is 1. The maximum Gasteiger partial charge on any atom is 0.284 e. The van der Waals surface area contributed by atoms with Crippen molar-refractivity contribution in [1.29, 1.82) is 0 Å². The smallest absolute Gasteiger partial charge is 0.284 e. The molecule has 2 aliphatic heterocycles. The lowest BCUT2D eigenvalue weighted by molar-refractivity contribution is 0.102. The maximum absolute atomic E-state index is 14.5. The zero-order chi connectivity index (χ0) is 19.2. The number of anilines is 1. The van der Waals surface area contributed by atoms with Gasteiger partial charge in [-0.25, -0.2) is 24.3 Å². The van der Waals surface area contributed by atoms with E-state index < -0.39 is 17.3 Å². The van der Waals surface area contributed by atoms with E-state index in [0.717, 1.165) is 0 Å². The van der Waals surface area contributed by atoms with Gasteiger partial charge in [-0.15, -0.1) is 0 Å². The van der Waals surface area contributed by atoms with Crippen LogP contribution in [-0.2, 0) is 10.3 Å². The Balaban J connectivity index is 1.61. The summed E-state index contributed by atoms with van der Waals surface area (Å²) < 4.78 is 24.6. The van der Waals surface area contributed by atoms with Crippen molar-refractivity contribution < 1.29 is 18.7 Å². The second-order valence-electron chi connectivity index (χ2n) is 6.21. The molecule has 1 saturated heterocycles. The highest BCUT2D eigenvalue weighted by Crippen LogP contribution is 2.41. The number of ether oxygens (including phenoxy) is 2. The topological polar surface area (TPSA) is 147 Å². The summed E-state index contributed by atoms with van der Waals surface area (Å²) >= 11 is 0. The largest absolute Gasteiger partial charge is 0.480 e. The second kappa shape index (κ2) is 6.13. The Kier molecular flexibility index (Phi) is 3.88. The third-order valence-corrected chi connectivity index (χ3v) is 4.37. The summed E-state index contributed by atoms with van der Waals surface area (Å²) in [6.45, 7) is 1.70. The molecule has 3 atom stereocenters. The van der Waals surface area contributed by atoms with Crippen LogP contribution in [0.2, 0.25) is 0 Å². The average Bonchev–Trinajstić information content (AvgIpc) is 3.43. The van der Waals surface area contributed by atoms with Crippen molar-refractivity contribution in [3.63, 3.8) is 0 Å². The molecule has 27 heavy (non-hydrogen) atoms. The molecule has 2 aromatic rings. The number of carbonyl (C=O) groups excluding carboxylic acids is 1. The van der Waals surface area contributed by atoms with Crippen LogP contribution in [0.5, 0.6) is 5.88 Å². The molecule has 3 unspecified atom stereocenters. The molecule has 0 aliphatic carbocycles. The highest BCUT2D eigenvalue weighted by Gasteiger charge is 2.58. The maximum atomic E-state index is 14.5. The molecule has 0 spiro atoms. The SMILES string of the molecule is COc1cnc(C(=O)Nc2ccc(F)c(C3(C)N=C(N)OC4NC43)n2)cn1. The number of hydrogen-bond donors (Lipinski definition) is 3. The molecule has 1 amide bonds. The minimum Gasteiger partial charge on any atom is -0.480 e. The van der Waals surface area contributed by atoms with Crippen molar-refractivity contribution in [3.05, 3.63) is 41.7 Å². The minimum absolute atomic E-state index is 0.0482. The van der Waals surface area contributed by atoms with Crippen molar-refractivity contribution in [2.24, 2.45) is 10.7 Å². The van der Waals surface area contributed by atoms with E-state index in [2.05, 4.69) is 30.6 Å². The summed E-state index contributed by atoms with van der Waals surface area (Å²) in [7, 11) is 1.44. The number of rotatable bonds is 4.